The van der Waals surface area contributed by atoms with Crippen molar-refractivity contribution in [3.8, 4) is 0 Å². The molecule has 6 heteroatoms. The molecule has 0 amide bonds. The van der Waals surface area contributed by atoms with Gasteiger partial charge in [0.05, 0.1) is 0 Å². The summed E-state index contributed by atoms with van der Waals surface area (Å²) in [5.41, 5.74) is 30.3. The van der Waals surface area contributed by atoms with Crippen molar-refractivity contribution < 1.29 is 0 Å². The van der Waals surface area contributed by atoms with E-state index in [2.05, 4.69) is 375 Å². The molecule has 0 unspecified atom stereocenters. The van der Waals surface area contributed by atoms with Gasteiger partial charge in [-0.15, -0.1) is 0 Å². The lowest BCUT2D eigenvalue weighted by atomic mass is 10.1. The summed E-state index contributed by atoms with van der Waals surface area (Å²) in [5, 5.41) is 4.77. The van der Waals surface area contributed by atoms with Gasteiger partial charge in [0.2, 0.25) is 0 Å². The molecule has 0 spiro atoms. The van der Waals surface area contributed by atoms with Crippen molar-refractivity contribution in [2.75, 3.05) is 19.6 Å². The van der Waals surface area contributed by atoms with E-state index in [-0.39, 0.29) is 0 Å². The smallest absolute Gasteiger partial charge is 0.0496 e. The normalized spacial score (nSPS) is 11.5. The van der Waals surface area contributed by atoms with E-state index in [0.29, 0.717) is 13.1 Å². The lowest BCUT2D eigenvalue weighted by molar-refractivity contribution is 0.844. The highest BCUT2D eigenvalue weighted by atomic mass is 15.2. The molecule has 0 N–H and O–H groups in total. The van der Waals surface area contributed by atoms with Gasteiger partial charge in [0, 0.05) is 125 Å². The van der Waals surface area contributed by atoms with Crippen LogP contribution in [-0.2, 0) is 13.1 Å². The van der Waals surface area contributed by atoms with Gasteiger partial charge in [-0.2, -0.15) is 0 Å². The fourth-order valence-corrected chi connectivity index (χ4v) is 13.6. The second-order valence-corrected chi connectivity index (χ2v) is 25.8. The molecule has 2 heterocycles. The first-order valence-corrected chi connectivity index (χ1v) is 32.8. The highest BCUT2D eigenvalue weighted by molar-refractivity contribution is 6.12. The predicted molar refractivity (Wildman–Crippen MR) is 400 cm³/mol. The second-order valence-electron chi connectivity index (χ2n) is 25.8. The Balaban J connectivity index is 0.871. The Kier molecular flexibility index (Phi) is 15.5. The van der Waals surface area contributed by atoms with Crippen LogP contribution in [0.4, 0.5) is 68.2 Å². The van der Waals surface area contributed by atoms with Gasteiger partial charge in [-0.3, -0.25) is 0 Å². The number of anilines is 12. The van der Waals surface area contributed by atoms with Crippen LogP contribution in [0.25, 0.3) is 43.6 Å². The van der Waals surface area contributed by atoms with Crippen LogP contribution in [0.2, 0.25) is 0 Å². The van der Waals surface area contributed by atoms with E-state index in [1.807, 2.05) is 0 Å². The van der Waals surface area contributed by atoms with E-state index in [0.717, 1.165) is 68.2 Å². The summed E-state index contributed by atoms with van der Waals surface area (Å²) in [5.74, 6) is 0. The molecule has 15 rings (SSSR count). The average molecular weight is 1220 g/mol. The highest BCUT2D eigenvalue weighted by Crippen LogP contribution is 2.45. The molecule has 13 aromatic carbocycles. The molecule has 458 valence electrons. The van der Waals surface area contributed by atoms with Crippen molar-refractivity contribution in [1.82, 2.24) is 9.13 Å². The van der Waals surface area contributed by atoms with Crippen LogP contribution in [-0.4, -0.2) is 9.13 Å². The number of benzene rings is 13. The van der Waals surface area contributed by atoms with Crippen LogP contribution in [0.3, 0.4) is 0 Å². The molecule has 6 nitrogen and oxygen atoms in total. The average Bonchev–Trinajstić information content (AvgIpc) is 1.59. The zero-order chi connectivity index (χ0) is 64.1. The molecule has 0 bridgehead atoms. The summed E-state index contributed by atoms with van der Waals surface area (Å²) in [6.45, 7) is 18.6. The fraction of sp³-hybridized carbons (Fsp3) is 0.114. The Morgan fingerprint density at radius 2 is 0.362 bits per heavy atom. The van der Waals surface area contributed by atoms with Gasteiger partial charge in [-0.05, 0) is 236 Å². The molecule has 2 aromatic heterocycles. The molecule has 0 fully saturated rings. The van der Waals surface area contributed by atoms with Crippen molar-refractivity contribution >= 4 is 112 Å². The largest absolute Gasteiger partial charge is 0.336 e. The first-order valence-electron chi connectivity index (χ1n) is 32.8. The van der Waals surface area contributed by atoms with E-state index in [1.54, 1.807) is 0 Å². The molecule has 0 radical (unpaired) electrons. The third kappa shape index (κ3) is 11.5. The van der Waals surface area contributed by atoms with Crippen LogP contribution >= 0.6 is 0 Å². The molecule has 0 aliphatic rings. The van der Waals surface area contributed by atoms with E-state index < -0.39 is 0 Å². The fourth-order valence-electron chi connectivity index (χ4n) is 13.6. The molecule has 0 atom stereocenters. The summed E-state index contributed by atoms with van der Waals surface area (Å²) in [6.07, 6.45) is 0. The van der Waals surface area contributed by atoms with Crippen LogP contribution < -0.4 is 19.6 Å². The maximum Gasteiger partial charge on any atom is 0.0496 e. The lowest BCUT2D eigenvalue weighted by Crippen LogP contribution is -2.10. The zero-order valence-electron chi connectivity index (χ0n) is 54.8. The van der Waals surface area contributed by atoms with Crippen LogP contribution in [0.15, 0.2) is 291 Å². The highest BCUT2D eigenvalue weighted by Gasteiger charge is 2.23. The first kappa shape index (κ1) is 59.0. The standard InChI is InChI=1S/C88H76N6/c1-59-12-28-69(29-13-59)91(70-30-14-60(2)15-31-70)77-44-48-85-81(53-77)82-54-78(92(71-32-16-61(3)17-33-71)72-34-18-62(4)19-35-72)45-49-86(82)89(85)57-67-10-9-11-68(52-67)58-90-87-50-46-79(93(73-36-20-63(5)21-37-73)74-38-22-64(6)23-39-74)55-83(87)84-56-80(47-51-88(84)90)94(75-40-24-65(7)25-41-75)76-42-26-66(8)27-43-76/h9-56H,57-58H2,1-8H3. The Hall–Kier alpha value is -11.3. The molecule has 94 heavy (non-hydrogen) atoms. The van der Waals surface area contributed by atoms with Crippen LogP contribution in [0.5, 0.6) is 0 Å². The Labute approximate surface area is 552 Å². The van der Waals surface area contributed by atoms with Crippen molar-refractivity contribution in [3.63, 3.8) is 0 Å². The van der Waals surface area contributed by atoms with Crippen molar-refractivity contribution in [2.45, 2.75) is 68.5 Å². The van der Waals surface area contributed by atoms with Crippen molar-refractivity contribution in [2.24, 2.45) is 0 Å². The quantitative estimate of drug-likeness (QED) is 0.0962. The third-order valence-electron chi connectivity index (χ3n) is 18.7. The monoisotopic (exact) mass is 1220 g/mol. The number of aromatic nitrogens is 2. The van der Waals surface area contributed by atoms with Gasteiger partial charge < -0.3 is 28.7 Å². The van der Waals surface area contributed by atoms with E-state index >= 15 is 0 Å². The van der Waals surface area contributed by atoms with E-state index in [4.69, 9.17) is 0 Å². The van der Waals surface area contributed by atoms with Gasteiger partial charge in [0.25, 0.3) is 0 Å². The number of aryl methyl sites for hydroxylation is 8. The number of hydrogen-bond donors (Lipinski definition) is 0. The Bertz CT molecular complexity index is 4420. The molecular weight excluding hydrogens is 1140 g/mol. The Morgan fingerprint density at radius 3 is 0.543 bits per heavy atom. The van der Waals surface area contributed by atoms with E-state index in [1.165, 1.54) is 99.2 Å². The minimum atomic E-state index is 0.674. The van der Waals surface area contributed by atoms with Gasteiger partial charge >= 0.3 is 0 Å². The van der Waals surface area contributed by atoms with Gasteiger partial charge in [0.1, 0.15) is 0 Å². The van der Waals surface area contributed by atoms with Gasteiger partial charge in [-0.25, -0.2) is 0 Å². The Morgan fingerprint density at radius 1 is 0.191 bits per heavy atom. The maximum absolute atomic E-state index is 2.53. The molecule has 0 aliphatic heterocycles. The summed E-state index contributed by atoms with van der Waals surface area (Å²) < 4.78 is 5.07. The minimum Gasteiger partial charge on any atom is -0.336 e. The summed E-state index contributed by atoms with van der Waals surface area (Å²) in [6, 6.07) is 109. The maximum atomic E-state index is 2.53. The van der Waals surface area contributed by atoms with Gasteiger partial charge in [-0.1, -0.05) is 166 Å². The summed E-state index contributed by atoms with van der Waals surface area (Å²) in [7, 11) is 0. The number of fused-ring (bicyclic) bond motifs is 6. The number of nitrogens with zero attached hydrogens (tertiary/aromatic N) is 6. The van der Waals surface area contributed by atoms with Crippen LogP contribution in [0, 0.1) is 55.4 Å². The molecule has 0 aliphatic carbocycles. The lowest BCUT2D eigenvalue weighted by Gasteiger charge is -2.26. The third-order valence-corrected chi connectivity index (χ3v) is 18.7. The second kappa shape index (κ2) is 24.7. The van der Waals surface area contributed by atoms with E-state index in [9.17, 15) is 0 Å². The molecule has 0 saturated heterocycles. The zero-order valence-corrected chi connectivity index (χ0v) is 54.8. The molecular formula is C88H76N6. The molecule has 15 aromatic rings. The van der Waals surface area contributed by atoms with Crippen molar-refractivity contribution in [3.05, 3.63) is 347 Å². The first-order chi connectivity index (χ1) is 45.8. The SMILES string of the molecule is Cc1ccc(N(c2ccc(C)cc2)c2ccc3c(c2)c2cc(N(c4ccc(C)cc4)c4ccc(C)cc4)ccc2n3Cc2cccc(Cn3c4ccc(N(c5ccc(C)cc5)c5ccc(C)cc5)cc4c4cc(N(c5ccc(C)cc5)c5ccc(C)cc5)ccc43)c2)cc1. The predicted octanol–water partition coefficient (Wildman–Crippen LogP) is 24.3. The number of hydrogen-bond acceptors (Lipinski definition) is 4. The van der Waals surface area contributed by atoms with Gasteiger partial charge in [0.15, 0.2) is 0 Å². The minimum absolute atomic E-state index is 0.674. The summed E-state index contributed by atoms with van der Waals surface area (Å²) in [4.78, 5) is 9.57. The topological polar surface area (TPSA) is 22.8 Å². The van der Waals surface area contributed by atoms with Crippen LogP contribution in [0.1, 0.15) is 55.6 Å². The molecule has 0 saturated carbocycles. The summed E-state index contributed by atoms with van der Waals surface area (Å²) >= 11 is 0. The number of rotatable bonds is 16. The van der Waals surface area contributed by atoms with Crippen molar-refractivity contribution in [1.29, 1.82) is 0 Å².